The van der Waals surface area contributed by atoms with Gasteiger partial charge in [0.2, 0.25) is 0 Å². The maximum atomic E-state index is 12.8. The zero-order chi connectivity index (χ0) is 17.8. The normalized spacial score (nSPS) is 14.2. The van der Waals surface area contributed by atoms with Gasteiger partial charge < -0.3 is 14.7 Å². The van der Waals surface area contributed by atoms with Crippen LogP contribution in [0.1, 0.15) is 64.9 Å². The van der Waals surface area contributed by atoms with E-state index in [9.17, 15) is 10.0 Å². The molecule has 0 saturated carbocycles. The summed E-state index contributed by atoms with van der Waals surface area (Å²) in [6.45, 7) is 6.58. The third-order valence-corrected chi connectivity index (χ3v) is 4.05. The molecule has 0 aliphatic carbocycles. The molecule has 0 amide bonds. The molecular formula is C19H29NO4. The molecule has 1 aromatic rings. The van der Waals surface area contributed by atoms with Crippen LogP contribution in [0.4, 0.5) is 0 Å². The van der Waals surface area contributed by atoms with E-state index in [2.05, 4.69) is 19.0 Å². The second-order valence-electron chi connectivity index (χ2n) is 5.81. The Balaban J connectivity index is 2.92. The predicted molar refractivity (Wildman–Crippen MR) is 94.3 cm³/mol. The van der Waals surface area contributed by atoms with Crippen LogP contribution in [-0.4, -0.2) is 29.3 Å². The minimum absolute atomic E-state index is 0.103. The zero-order valence-electron chi connectivity index (χ0n) is 15.0. The lowest BCUT2D eigenvalue weighted by Gasteiger charge is -2.30. The van der Waals surface area contributed by atoms with Crippen molar-refractivity contribution in [3.8, 4) is 0 Å². The third kappa shape index (κ3) is 5.64. The van der Waals surface area contributed by atoms with Crippen molar-refractivity contribution in [2.24, 2.45) is 5.16 Å². The van der Waals surface area contributed by atoms with Gasteiger partial charge in [-0.25, -0.2) is 4.79 Å². The van der Waals surface area contributed by atoms with E-state index in [0.717, 1.165) is 25.7 Å². The van der Waals surface area contributed by atoms with Crippen LogP contribution in [0.2, 0.25) is 0 Å². The second kappa shape index (κ2) is 10.8. The minimum Gasteiger partial charge on any atom is -0.408 e. The quantitative estimate of drug-likeness (QED) is 0.170. The van der Waals surface area contributed by atoms with Gasteiger partial charge in [0.05, 0.1) is 0 Å². The molecule has 1 unspecified atom stereocenters. The van der Waals surface area contributed by atoms with Gasteiger partial charge in [0, 0.05) is 12.2 Å². The number of oxime groups is 1. The highest BCUT2D eigenvalue weighted by molar-refractivity contribution is 6.01. The van der Waals surface area contributed by atoms with Gasteiger partial charge in [-0.1, -0.05) is 58.2 Å². The highest BCUT2D eigenvalue weighted by Crippen LogP contribution is 2.26. The van der Waals surface area contributed by atoms with Crippen molar-refractivity contribution < 1.29 is 19.5 Å². The topological polar surface area (TPSA) is 68.1 Å². The Morgan fingerprint density at radius 3 is 2.33 bits per heavy atom. The average Bonchev–Trinajstić information content (AvgIpc) is 2.63. The van der Waals surface area contributed by atoms with Crippen molar-refractivity contribution >= 4 is 11.9 Å². The number of nitrogens with zero attached hydrogens (tertiary/aromatic N) is 1. The summed E-state index contributed by atoms with van der Waals surface area (Å²) in [6.07, 6.45) is 4.83. The van der Waals surface area contributed by atoms with E-state index >= 15 is 0 Å². The van der Waals surface area contributed by atoms with Crippen LogP contribution in [0.15, 0.2) is 35.5 Å². The maximum absolute atomic E-state index is 12.8. The van der Waals surface area contributed by atoms with Gasteiger partial charge in [-0.3, -0.25) is 0 Å². The van der Waals surface area contributed by atoms with Crippen LogP contribution in [0, 0.1) is 0 Å². The maximum Gasteiger partial charge on any atom is 0.345 e. The fourth-order valence-electron chi connectivity index (χ4n) is 2.43. The van der Waals surface area contributed by atoms with E-state index in [1.165, 1.54) is 0 Å². The van der Waals surface area contributed by atoms with Gasteiger partial charge >= 0.3 is 5.97 Å². The second-order valence-corrected chi connectivity index (χ2v) is 5.81. The van der Waals surface area contributed by atoms with E-state index in [4.69, 9.17) is 9.47 Å². The Morgan fingerprint density at radius 2 is 1.79 bits per heavy atom. The fourth-order valence-corrected chi connectivity index (χ4v) is 2.43. The minimum atomic E-state index is -0.990. The van der Waals surface area contributed by atoms with Crippen LogP contribution in [0.3, 0.4) is 0 Å². The number of carbonyl (C=O) groups excluding carboxylic acids is 1. The third-order valence-electron chi connectivity index (χ3n) is 4.05. The molecule has 1 atom stereocenters. The summed E-state index contributed by atoms with van der Waals surface area (Å²) in [7, 11) is 0. The van der Waals surface area contributed by atoms with Gasteiger partial charge in [0.1, 0.15) is 0 Å². The molecule has 0 spiro atoms. The van der Waals surface area contributed by atoms with Gasteiger partial charge in [-0.2, -0.15) is 0 Å². The standard InChI is InChI=1S/C19H29NO4/c1-4-7-14-19(6-3,23-15-8-5-2)18(21)24-17(20-22)16-12-10-9-11-13-16/h9-13,22H,4-8,14-15H2,1-3H3. The molecule has 0 radical (unpaired) electrons. The molecule has 0 heterocycles. The van der Waals surface area contributed by atoms with Crippen LogP contribution in [0.5, 0.6) is 0 Å². The number of hydrogen-bond donors (Lipinski definition) is 1. The molecule has 5 nitrogen and oxygen atoms in total. The van der Waals surface area contributed by atoms with Crippen LogP contribution < -0.4 is 0 Å². The first-order chi connectivity index (χ1) is 11.6. The molecule has 0 aromatic heterocycles. The molecule has 0 bridgehead atoms. The monoisotopic (exact) mass is 335 g/mol. The smallest absolute Gasteiger partial charge is 0.345 e. The number of rotatable bonds is 10. The number of benzene rings is 1. The average molecular weight is 335 g/mol. The first kappa shape index (κ1) is 20.2. The Kier molecular flexibility index (Phi) is 9.08. The van der Waals surface area contributed by atoms with E-state index in [0.29, 0.717) is 25.0 Å². The van der Waals surface area contributed by atoms with Crippen molar-refractivity contribution in [3.05, 3.63) is 35.9 Å². The molecule has 0 fully saturated rings. The molecule has 1 rings (SSSR count). The van der Waals surface area contributed by atoms with E-state index in [1.54, 1.807) is 24.3 Å². The van der Waals surface area contributed by atoms with Crippen molar-refractivity contribution in [3.63, 3.8) is 0 Å². The summed E-state index contributed by atoms with van der Waals surface area (Å²) in [5.41, 5.74) is -0.446. The van der Waals surface area contributed by atoms with E-state index < -0.39 is 11.6 Å². The SMILES string of the molecule is CCCCOC(CC)(CCCC)C(=O)OC(=NO)c1ccccc1. The van der Waals surface area contributed by atoms with Crippen molar-refractivity contribution in [2.75, 3.05) is 6.61 Å². The van der Waals surface area contributed by atoms with E-state index in [-0.39, 0.29) is 5.90 Å². The number of hydrogen-bond acceptors (Lipinski definition) is 5. The van der Waals surface area contributed by atoms with Crippen molar-refractivity contribution in [2.45, 2.75) is 64.9 Å². The summed E-state index contributed by atoms with van der Waals surface area (Å²) < 4.78 is 11.4. The van der Waals surface area contributed by atoms with Gasteiger partial charge in [-0.05, 0) is 36.6 Å². The summed E-state index contributed by atoms with van der Waals surface area (Å²) in [5, 5.41) is 12.4. The molecule has 24 heavy (non-hydrogen) atoms. The fraction of sp³-hybridized carbons (Fsp3) is 0.579. The number of esters is 1. The lowest BCUT2D eigenvalue weighted by molar-refractivity contribution is -0.166. The summed E-state index contributed by atoms with van der Waals surface area (Å²) in [4.78, 5) is 12.8. The van der Waals surface area contributed by atoms with Crippen molar-refractivity contribution in [1.82, 2.24) is 0 Å². The zero-order valence-corrected chi connectivity index (χ0v) is 15.0. The van der Waals surface area contributed by atoms with Gasteiger partial charge in [0.25, 0.3) is 5.90 Å². The largest absolute Gasteiger partial charge is 0.408 e. The van der Waals surface area contributed by atoms with Gasteiger partial charge in [0.15, 0.2) is 5.60 Å². The van der Waals surface area contributed by atoms with Crippen LogP contribution in [0.25, 0.3) is 0 Å². The molecule has 1 aromatic carbocycles. The Hall–Kier alpha value is -1.88. The highest BCUT2D eigenvalue weighted by Gasteiger charge is 2.40. The molecule has 0 aliphatic heterocycles. The Morgan fingerprint density at radius 1 is 1.12 bits per heavy atom. The summed E-state index contributed by atoms with van der Waals surface area (Å²) >= 11 is 0. The Labute approximate surface area is 144 Å². The first-order valence-electron chi connectivity index (χ1n) is 8.77. The summed E-state index contributed by atoms with van der Waals surface area (Å²) in [5.74, 6) is -0.597. The van der Waals surface area contributed by atoms with Gasteiger partial charge in [-0.15, -0.1) is 0 Å². The lowest BCUT2D eigenvalue weighted by Crippen LogP contribution is -2.44. The highest BCUT2D eigenvalue weighted by atomic mass is 16.6. The molecule has 134 valence electrons. The number of carbonyl (C=O) groups is 1. The molecular weight excluding hydrogens is 306 g/mol. The number of unbranched alkanes of at least 4 members (excludes halogenated alkanes) is 2. The lowest BCUT2D eigenvalue weighted by atomic mass is 9.93. The van der Waals surface area contributed by atoms with Crippen molar-refractivity contribution in [1.29, 1.82) is 0 Å². The first-order valence-corrected chi connectivity index (χ1v) is 8.77. The Bertz CT molecular complexity index is 515. The predicted octanol–water partition coefficient (Wildman–Crippen LogP) is 4.52. The molecule has 0 saturated heterocycles. The van der Waals surface area contributed by atoms with Crippen LogP contribution >= 0.6 is 0 Å². The molecule has 1 N–H and O–H groups in total. The molecule has 5 heteroatoms. The van der Waals surface area contributed by atoms with E-state index in [1.807, 2.05) is 13.0 Å². The van der Waals surface area contributed by atoms with Crippen LogP contribution in [-0.2, 0) is 14.3 Å². The summed E-state index contributed by atoms with van der Waals surface area (Å²) in [6, 6.07) is 8.86. The molecule has 0 aliphatic rings. The number of ether oxygens (including phenoxy) is 2.